The molecule has 15 heteroatoms. The van der Waals surface area contributed by atoms with E-state index in [1.54, 1.807) is 12.1 Å². The lowest BCUT2D eigenvalue weighted by Crippen LogP contribution is -2.05. The zero-order valence-electron chi connectivity index (χ0n) is 17.7. The van der Waals surface area contributed by atoms with Crippen LogP contribution in [0.1, 0.15) is 0 Å². The number of nitrogens with zero attached hydrogens (tertiary/aromatic N) is 2. The maximum absolute atomic E-state index is 12.5. The van der Waals surface area contributed by atoms with Crippen LogP contribution >= 0.6 is 0 Å². The smallest absolute Gasteiger partial charge is 0.295 e. The molecular weight excluding hydrogens is 519 g/mol. The van der Waals surface area contributed by atoms with Crippen molar-refractivity contribution in [3.05, 3.63) is 60.7 Å². The molecule has 0 aromatic heterocycles. The molecule has 4 aromatic carbocycles. The second kappa shape index (κ2) is 8.39. The summed E-state index contributed by atoms with van der Waals surface area (Å²) in [4.78, 5) is -1.53. The van der Waals surface area contributed by atoms with E-state index in [4.69, 9.17) is 0 Å². The first-order valence-corrected chi connectivity index (χ1v) is 14.3. The van der Waals surface area contributed by atoms with Gasteiger partial charge in [0.2, 0.25) is 0 Å². The molecule has 0 spiro atoms. The van der Waals surface area contributed by atoms with Crippen molar-refractivity contribution in [2.75, 3.05) is 0 Å². The van der Waals surface area contributed by atoms with Crippen LogP contribution in [0.4, 0.5) is 11.4 Å². The number of phenolic OH excluding ortho intramolecular Hbond substituents is 1. The van der Waals surface area contributed by atoms with Gasteiger partial charge in [-0.05, 0) is 35.7 Å². The lowest BCUT2D eigenvalue weighted by Gasteiger charge is -2.11. The van der Waals surface area contributed by atoms with Gasteiger partial charge in [-0.3, -0.25) is 9.11 Å². The van der Waals surface area contributed by atoms with E-state index in [1.807, 2.05) is 0 Å². The van der Waals surface area contributed by atoms with E-state index in [0.717, 1.165) is 31.4 Å². The van der Waals surface area contributed by atoms with E-state index in [9.17, 15) is 39.5 Å². The normalized spacial score (nSPS) is 13.1. The lowest BCUT2D eigenvalue weighted by atomic mass is 10.1. The van der Waals surface area contributed by atoms with E-state index in [1.165, 1.54) is 24.3 Å². The van der Waals surface area contributed by atoms with Crippen LogP contribution < -0.4 is 0 Å². The van der Waals surface area contributed by atoms with Gasteiger partial charge in [-0.15, -0.1) is 10.2 Å². The molecule has 0 bridgehead atoms. The number of aromatic hydroxyl groups is 1. The summed E-state index contributed by atoms with van der Waals surface area (Å²) >= 11 is 0. The fourth-order valence-electron chi connectivity index (χ4n) is 3.59. The molecular formula is C20H15BN2O9S3. The predicted octanol–water partition coefficient (Wildman–Crippen LogP) is 2.93. The van der Waals surface area contributed by atoms with E-state index >= 15 is 0 Å². The average Bonchev–Trinajstić information content (AvgIpc) is 2.75. The molecule has 35 heavy (non-hydrogen) atoms. The fourth-order valence-corrected chi connectivity index (χ4v) is 5.82. The van der Waals surface area contributed by atoms with Crippen molar-refractivity contribution in [3.63, 3.8) is 0 Å². The van der Waals surface area contributed by atoms with Crippen LogP contribution in [0.25, 0.3) is 21.5 Å². The van der Waals surface area contributed by atoms with Gasteiger partial charge < -0.3 is 5.11 Å². The largest absolute Gasteiger partial charge is 0.506 e. The Morgan fingerprint density at radius 1 is 0.714 bits per heavy atom. The second-order valence-electron chi connectivity index (χ2n) is 7.50. The molecule has 0 fully saturated rings. The number of benzene rings is 4. The van der Waals surface area contributed by atoms with E-state index < -0.39 is 45.5 Å². The summed E-state index contributed by atoms with van der Waals surface area (Å²) in [7, 11) is -12.5. The summed E-state index contributed by atoms with van der Waals surface area (Å²) in [6.07, 6.45) is 0. The topological polar surface area (TPSA) is 188 Å². The molecule has 4 aromatic rings. The molecule has 3 N–H and O–H groups in total. The minimum absolute atomic E-state index is 0.0406. The Morgan fingerprint density at radius 3 is 1.97 bits per heavy atom. The molecule has 0 aliphatic carbocycles. The van der Waals surface area contributed by atoms with Crippen LogP contribution in [0.3, 0.4) is 0 Å². The van der Waals surface area contributed by atoms with E-state index in [2.05, 4.69) is 10.2 Å². The molecule has 0 radical (unpaired) electrons. The van der Waals surface area contributed by atoms with Crippen molar-refractivity contribution in [2.45, 2.75) is 14.7 Å². The van der Waals surface area contributed by atoms with Crippen LogP contribution in [-0.2, 0) is 29.9 Å². The first-order chi connectivity index (χ1) is 16.2. The Hall–Kier alpha value is -3.37. The standard InChI is InChI=1S/C20H15BN2O9S3/c21-33(25,26)18-10-12(34(27,28)29)9-11-5-7-16(24)20(19(11)18)23-22-15-6-8-17(35(30,31)32)14-4-2-1-3-13(14)15/h1-10,24H,21H2,(H,27,28,29)(H,30,31,32)/b23-22+. The highest BCUT2D eigenvalue weighted by atomic mass is 32.2. The van der Waals surface area contributed by atoms with Crippen LogP contribution in [0.5, 0.6) is 5.75 Å². The van der Waals surface area contributed by atoms with Gasteiger partial charge in [-0.1, -0.05) is 30.3 Å². The molecule has 0 unspecified atom stereocenters. The van der Waals surface area contributed by atoms with Gasteiger partial charge >= 0.3 is 0 Å². The van der Waals surface area contributed by atoms with Gasteiger partial charge in [0.1, 0.15) is 26.0 Å². The van der Waals surface area contributed by atoms with Crippen LogP contribution in [0.15, 0.2) is 85.6 Å². The van der Waals surface area contributed by atoms with Crippen molar-refractivity contribution in [3.8, 4) is 5.75 Å². The molecule has 0 saturated carbocycles. The predicted molar refractivity (Wildman–Crippen MR) is 129 cm³/mol. The quantitative estimate of drug-likeness (QED) is 0.196. The molecule has 0 aliphatic rings. The fraction of sp³-hybridized carbons (Fsp3) is 0. The maximum Gasteiger partial charge on any atom is 0.295 e. The van der Waals surface area contributed by atoms with Crippen molar-refractivity contribution in [1.82, 2.24) is 0 Å². The zero-order valence-corrected chi connectivity index (χ0v) is 20.1. The van der Waals surface area contributed by atoms with Crippen LogP contribution in [0, 0.1) is 0 Å². The summed E-state index contributed by atoms with van der Waals surface area (Å²) in [6.45, 7) is 0. The summed E-state index contributed by atoms with van der Waals surface area (Å²) in [5.74, 6) is -0.468. The highest BCUT2D eigenvalue weighted by Gasteiger charge is 2.23. The molecule has 180 valence electrons. The summed E-state index contributed by atoms with van der Waals surface area (Å²) in [5, 5.41) is 18.9. The van der Waals surface area contributed by atoms with E-state index in [0.29, 0.717) is 5.39 Å². The number of hydrogen-bond acceptors (Lipinski definition) is 9. The molecule has 0 aliphatic heterocycles. The highest BCUT2D eigenvalue weighted by molar-refractivity contribution is 8.12. The Kier molecular flexibility index (Phi) is 5.93. The number of fused-ring (bicyclic) bond motifs is 2. The Bertz CT molecular complexity index is 1890. The number of hydrogen-bond donors (Lipinski definition) is 3. The molecule has 4 rings (SSSR count). The van der Waals surface area contributed by atoms with Gasteiger partial charge in [0, 0.05) is 16.2 Å². The third-order valence-electron chi connectivity index (χ3n) is 5.10. The Morgan fingerprint density at radius 2 is 1.37 bits per heavy atom. The maximum atomic E-state index is 12.5. The van der Waals surface area contributed by atoms with E-state index in [-0.39, 0.29) is 32.4 Å². The Balaban J connectivity index is 2.02. The van der Waals surface area contributed by atoms with Crippen molar-refractivity contribution >= 4 is 70.0 Å². The summed E-state index contributed by atoms with van der Waals surface area (Å²) in [5.41, 5.74) is -0.160. The first-order valence-electron chi connectivity index (χ1n) is 9.56. The van der Waals surface area contributed by atoms with Gasteiger partial charge in [0.15, 0.2) is 0 Å². The lowest BCUT2D eigenvalue weighted by molar-refractivity contribution is 0.477. The third kappa shape index (κ3) is 4.76. The zero-order chi connectivity index (χ0) is 25.8. The van der Waals surface area contributed by atoms with Gasteiger partial charge in [-0.25, -0.2) is 8.42 Å². The number of rotatable bonds is 5. The van der Waals surface area contributed by atoms with Gasteiger partial charge in [0.05, 0.1) is 15.5 Å². The first kappa shape index (κ1) is 24.7. The van der Waals surface area contributed by atoms with Gasteiger partial charge in [-0.2, -0.15) is 16.8 Å². The number of azo groups is 1. The van der Waals surface area contributed by atoms with Gasteiger partial charge in [0.25, 0.3) is 27.4 Å². The molecule has 0 amide bonds. The van der Waals surface area contributed by atoms with Crippen molar-refractivity contribution in [1.29, 1.82) is 0 Å². The third-order valence-corrected chi connectivity index (χ3v) is 7.96. The van der Waals surface area contributed by atoms with Crippen molar-refractivity contribution < 1.29 is 39.5 Å². The second-order valence-corrected chi connectivity index (χ2v) is 12.3. The minimum atomic E-state index is -4.75. The SMILES string of the molecule is BS(=O)(=O)c1cc(S(=O)(=O)O)cc2ccc(O)c(/N=N/c3ccc(S(=O)(=O)O)c4ccccc34)c12. The molecule has 11 nitrogen and oxygen atoms in total. The average molecular weight is 534 g/mol. The van der Waals surface area contributed by atoms with Crippen molar-refractivity contribution in [2.24, 2.45) is 10.2 Å². The molecule has 0 saturated heterocycles. The summed E-state index contributed by atoms with van der Waals surface area (Å²) < 4.78 is 90.6. The minimum Gasteiger partial charge on any atom is -0.506 e. The summed E-state index contributed by atoms with van der Waals surface area (Å²) in [6, 6.07) is 12.7. The monoisotopic (exact) mass is 534 g/mol. The van der Waals surface area contributed by atoms with Crippen LogP contribution in [0.2, 0.25) is 0 Å². The van der Waals surface area contributed by atoms with Crippen LogP contribution in [-0.4, -0.2) is 46.6 Å². The highest BCUT2D eigenvalue weighted by Crippen LogP contribution is 2.41. The molecule has 0 atom stereocenters. The number of phenols is 1. The Labute approximate surface area is 200 Å². The molecule has 0 heterocycles.